The maximum atomic E-state index is 10.5. The molecule has 29 heavy (non-hydrogen) atoms. The summed E-state index contributed by atoms with van der Waals surface area (Å²) in [6.07, 6.45) is 6.99. The van der Waals surface area contributed by atoms with Gasteiger partial charge >= 0.3 is 5.97 Å². The number of carboxylic acid groups (broad SMARTS) is 1. The van der Waals surface area contributed by atoms with Gasteiger partial charge in [-0.15, -0.1) is 0 Å². The van der Waals surface area contributed by atoms with Crippen LogP contribution in [0.25, 0.3) is 22.3 Å². The number of para-hydroxylation sites is 2. The lowest BCUT2D eigenvalue weighted by Gasteiger charge is -2.27. The van der Waals surface area contributed by atoms with E-state index in [1.54, 1.807) is 36.9 Å². The number of carbonyl (C=O) groups is 1. The Morgan fingerprint density at radius 1 is 1.07 bits per heavy atom. The lowest BCUT2D eigenvalue weighted by molar-refractivity contribution is 0.0685. The molecular weight excluding hydrogens is 372 g/mol. The van der Waals surface area contributed by atoms with Crippen molar-refractivity contribution in [3.05, 3.63) is 67.0 Å². The van der Waals surface area contributed by atoms with E-state index in [0.29, 0.717) is 11.4 Å². The standard InChI is InChI=1S/C12H12N4O.C8H6N2O2/c1-2-9(6-13-3-1)11-12(16-5-4-15-11)17-10-7-14-8-10;11-8(12)7-9-5-3-1-2-4-6(5)10-7/h1-6,10,14H,7-8H2;1-4H,(H,9,10)(H,11,12). The highest BCUT2D eigenvalue weighted by atomic mass is 16.5. The third-order valence-electron chi connectivity index (χ3n) is 4.21. The Hall–Kier alpha value is -3.85. The van der Waals surface area contributed by atoms with Gasteiger partial charge in [-0.3, -0.25) is 4.98 Å². The molecule has 0 unspecified atom stereocenters. The Balaban J connectivity index is 0.000000150. The molecule has 4 aromatic rings. The van der Waals surface area contributed by atoms with Gasteiger partial charge in [-0.1, -0.05) is 12.1 Å². The number of hydrogen-bond acceptors (Lipinski definition) is 7. The van der Waals surface area contributed by atoms with Crippen molar-refractivity contribution < 1.29 is 14.6 Å². The number of H-pyrrole nitrogens is 1. The average molecular weight is 390 g/mol. The largest absolute Gasteiger partial charge is 0.475 e. The van der Waals surface area contributed by atoms with Gasteiger partial charge in [-0.2, -0.15) is 0 Å². The van der Waals surface area contributed by atoms with E-state index in [-0.39, 0.29) is 11.9 Å². The van der Waals surface area contributed by atoms with E-state index >= 15 is 0 Å². The lowest BCUT2D eigenvalue weighted by Crippen LogP contribution is -2.50. The Morgan fingerprint density at radius 2 is 1.90 bits per heavy atom. The number of hydrogen-bond donors (Lipinski definition) is 3. The van der Waals surface area contributed by atoms with Crippen molar-refractivity contribution in [3.8, 4) is 17.1 Å². The minimum Gasteiger partial charge on any atom is -0.475 e. The number of aromatic carboxylic acids is 1. The summed E-state index contributed by atoms with van der Waals surface area (Å²) in [5.74, 6) is -0.477. The highest BCUT2D eigenvalue weighted by molar-refractivity contribution is 5.88. The van der Waals surface area contributed by atoms with Crippen LogP contribution < -0.4 is 10.1 Å². The number of nitrogens with zero attached hydrogens (tertiary/aromatic N) is 4. The van der Waals surface area contributed by atoms with Crippen LogP contribution in [0.15, 0.2) is 61.2 Å². The first kappa shape index (κ1) is 18.5. The number of nitrogens with one attached hydrogen (secondary N) is 2. The molecule has 1 fully saturated rings. The second-order valence-corrected chi connectivity index (χ2v) is 6.26. The predicted octanol–water partition coefficient (Wildman–Crippen LogP) is 2.15. The monoisotopic (exact) mass is 390 g/mol. The molecular formula is C20H18N6O3. The van der Waals surface area contributed by atoms with Gasteiger partial charge in [0.15, 0.2) is 0 Å². The van der Waals surface area contributed by atoms with E-state index in [9.17, 15) is 4.79 Å². The number of imidazole rings is 1. The summed E-state index contributed by atoms with van der Waals surface area (Å²) in [5, 5.41) is 11.7. The third kappa shape index (κ3) is 4.36. The Bertz CT molecular complexity index is 1080. The fraction of sp³-hybridized carbons (Fsp3) is 0.150. The Morgan fingerprint density at radius 3 is 2.59 bits per heavy atom. The fourth-order valence-corrected chi connectivity index (χ4v) is 2.67. The van der Waals surface area contributed by atoms with Crippen molar-refractivity contribution in [1.82, 2.24) is 30.2 Å². The molecule has 1 aromatic carbocycles. The first-order chi connectivity index (χ1) is 14.2. The van der Waals surface area contributed by atoms with Crippen LogP contribution in [0.1, 0.15) is 10.6 Å². The highest BCUT2D eigenvalue weighted by Crippen LogP contribution is 2.25. The molecule has 0 saturated carbocycles. The molecule has 4 heterocycles. The third-order valence-corrected chi connectivity index (χ3v) is 4.21. The van der Waals surface area contributed by atoms with Gasteiger partial charge in [0.05, 0.1) is 11.0 Å². The summed E-state index contributed by atoms with van der Waals surface area (Å²) in [7, 11) is 0. The van der Waals surface area contributed by atoms with Crippen LogP contribution in [-0.4, -0.2) is 55.2 Å². The van der Waals surface area contributed by atoms with Gasteiger partial charge in [-0.05, 0) is 24.3 Å². The number of aromatic amines is 1. The number of carboxylic acids is 1. The predicted molar refractivity (Wildman–Crippen MR) is 106 cm³/mol. The van der Waals surface area contributed by atoms with Crippen molar-refractivity contribution in [1.29, 1.82) is 0 Å². The molecule has 0 spiro atoms. The van der Waals surface area contributed by atoms with Crippen molar-refractivity contribution >= 4 is 17.0 Å². The summed E-state index contributed by atoms with van der Waals surface area (Å²) in [4.78, 5) is 29.6. The minimum absolute atomic E-state index is 0.0174. The molecule has 0 bridgehead atoms. The molecule has 3 aromatic heterocycles. The summed E-state index contributed by atoms with van der Waals surface area (Å²) < 4.78 is 5.77. The van der Waals surface area contributed by atoms with Crippen LogP contribution in [0.3, 0.4) is 0 Å². The van der Waals surface area contributed by atoms with E-state index in [0.717, 1.165) is 29.9 Å². The number of aromatic nitrogens is 5. The van der Waals surface area contributed by atoms with Crippen molar-refractivity contribution in [2.45, 2.75) is 6.10 Å². The SMILES string of the molecule is O=C(O)c1nc2ccccc2[nH]1.c1cncc(-c2nccnc2OC2CNC2)c1. The molecule has 1 aliphatic heterocycles. The van der Waals surface area contributed by atoms with Crippen LogP contribution >= 0.6 is 0 Å². The molecule has 9 nitrogen and oxygen atoms in total. The molecule has 1 saturated heterocycles. The minimum atomic E-state index is -1.04. The van der Waals surface area contributed by atoms with Gasteiger partial charge in [0.2, 0.25) is 11.7 Å². The van der Waals surface area contributed by atoms with E-state index < -0.39 is 5.97 Å². The van der Waals surface area contributed by atoms with Crippen molar-refractivity contribution in [2.24, 2.45) is 0 Å². The van der Waals surface area contributed by atoms with Crippen LogP contribution in [0.4, 0.5) is 0 Å². The molecule has 3 N–H and O–H groups in total. The smallest absolute Gasteiger partial charge is 0.371 e. The first-order valence-electron chi connectivity index (χ1n) is 8.97. The normalized spacial score (nSPS) is 13.2. The topological polar surface area (TPSA) is 126 Å². The van der Waals surface area contributed by atoms with Gasteiger partial charge < -0.3 is 20.1 Å². The molecule has 0 radical (unpaired) electrons. The fourth-order valence-electron chi connectivity index (χ4n) is 2.67. The van der Waals surface area contributed by atoms with Gasteiger partial charge in [-0.25, -0.2) is 19.7 Å². The quantitative estimate of drug-likeness (QED) is 0.484. The number of fused-ring (bicyclic) bond motifs is 1. The first-order valence-corrected chi connectivity index (χ1v) is 8.97. The second kappa shape index (κ2) is 8.44. The number of benzene rings is 1. The molecule has 5 rings (SSSR count). The van der Waals surface area contributed by atoms with Gasteiger partial charge in [0, 0.05) is 43.4 Å². The molecule has 1 aliphatic rings. The van der Waals surface area contributed by atoms with Crippen LogP contribution in [-0.2, 0) is 0 Å². The van der Waals surface area contributed by atoms with Crippen LogP contribution in [0.5, 0.6) is 5.88 Å². The van der Waals surface area contributed by atoms with Gasteiger partial charge in [0.25, 0.3) is 0 Å². The maximum absolute atomic E-state index is 10.5. The molecule has 0 amide bonds. The highest BCUT2D eigenvalue weighted by Gasteiger charge is 2.21. The molecule has 9 heteroatoms. The zero-order valence-corrected chi connectivity index (χ0v) is 15.3. The zero-order chi connectivity index (χ0) is 20.1. The van der Waals surface area contributed by atoms with Crippen molar-refractivity contribution in [3.63, 3.8) is 0 Å². The molecule has 0 atom stereocenters. The average Bonchev–Trinajstić information content (AvgIpc) is 3.17. The van der Waals surface area contributed by atoms with Crippen molar-refractivity contribution in [2.75, 3.05) is 13.1 Å². The number of pyridine rings is 1. The Kier molecular flexibility index (Phi) is 5.39. The summed E-state index contributed by atoms with van der Waals surface area (Å²) in [6, 6.07) is 11.0. The van der Waals surface area contributed by atoms with E-state index in [2.05, 4.69) is 30.2 Å². The lowest BCUT2D eigenvalue weighted by atomic mass is 10.2. The van der Waals surface area contributed by atoms with E-state index in [4.69, 9.17) is 9.84 Å². The summed E-state index contributed by atoms with van der Waals surface area (Å²) in [6.45, 7) is 1.73. The summed E-state index contributed by atoms with van der Waals surface area (Å²) in [5.41, 5.74) is 3.08. The van der Waals surface area contributed by atoms with Crippen LogP contribution in [0, 0.1) is 0 Å². The maximum Gasteiger partial charge on any atom is 0.371 e. The van der Waals surface area contributed by atoms with Gasteiger partial charge in [0.1, 0.15) is 11.8 Å². The summed E-state index contributed by atoms with van der Waals surface area (Å²) >= 11 is 0. The number of ether oxygens (including phenoxy) is 1. The van der Waals surface area contributed by atoms with E-state index in [1.165, 1.54) is 0 Å². The van der Waals surface area contributed by atoms with E-state index in [1.807, 2.05) is 24.3 Å². The Labute approximate surface area is 165 Å². The molecule has 0 aliphatic carbocycles. The second-order valence-electron chi connectivity index (χ2n) is 6.26. The number of rotatable bonds is 4. The van der Waals surface area contributed by atoms with Crippen LogP contribution in [0.2, 0.25) is 0 Å². The molecule has 146 valence electrons. The zero-order valence-electron chi connectivity index (χ0n) is 15.3.